The summed E-state index contributed by atoms with van der Waals surface area (Å²) >= 11 is 0. The van der Waals surface area contributed by atoms with E-state index >= 15 is 0 Å². The topological polar surface area (TPSA) is 53.4 Å². The van der Waals surface area contributed by atoms with Gasteiger partial charge in [0, 0.05) is 18.6 Å². The molecule has 0 saturated carbocycles. The number of hydroxylamine groups is 2. The van der Waals surface area contributed by atoms with Crippen LogP contribution in [-0.4, -0.2) is 28.2 Å². The highest BCUT2D eigenvalue weighted by Crippen LogP contribution is 2.13. The molecule has 1 aromatic heterocycles. The van der Waals surface area contributed by atoms with Crippen LogP contribution in [0.4, 0.5) is 0 Å². The maximum atomic E-state index is 11.4. The first kappa shape index (κ1) is 9.61. The van der Waals surface area contributed by atoms with Gasteiger partial charge >= 0.3 is 0 Å². The number of pyridine rings is 1. The molecular formula is C11H10N2O2. The minimum atomic E-state index is -0.513. The molecule has 0 fully saturated rings. The van der Waals surface area contributed by atoms with Crippen LogP contribution in [0.5, 0.6) is 0 Å². The van der Waals surface area contributed by atoms with E-state index in [1.54, 1.807) is 12.3 Å². The Morgan fingerprint density at radius 1 is 1.33 bits per heavy atom. The van der Waals surface area contributed by atoms with Gasteiger partial charge < -0.3 is 0 Å². The van der Waals surface area contributed by atoms with Crippen LogP contribution in [0.3, 0.4) is 0 Å². The largest absolute Gasteiger partial charge is 0.295 e. The Hall–Kier alpha value is -1.94. The van der Waals surface area contributed by atoms with Gasteiger partial charge in [-0.1, -0.05) is 24.3 Å². The number of fused-ring (bicyclic) bond motifs is 1. The van der Waals surface area contributed by atoms with Gasteiger partial charge in [0.2, 0.25) is 0 Å². The fraction of sp³-hybridized carbons (Fsp3) is 0.0909. The molecule has 0 radical (unpaired) electrons. The van der Waals surface area contributed by atoms with Crippen molar-refractivity contribution in [2.24, 2.45) is 0 Å². The minimum Gasteiger partial charge on any atom is -0.286 e. The SMILES string of the molecule is CN(O)C(=O)c1cc2ccccc2cn1. The molecular weight excluding hydrogens is 192 g/mol. The van der Waals surface area contributed by atoms with Gasteiger partial charge in [0.25, 0.3) is 5.91 Å². The number of carbonyl (C=O) groups excluding carboxylic acids is 1. The molecule has 0 aliphatic carbocycles. The van der Waals surface area contributed by atoms with E-state index in [0.29, 0.717) is 5.06 Å². The molecule has 4 heteroatoms. The van der Waals surface area contributed by atoms with Gasteiger partial charge in [-0.3, -0.25) is 15.0 Å². The number of carbonyl (C=O) groups is 1. The Kier molecular flexibility index (Phi) is 2.35. The van der Waals surface area contributed by atoms with Crippen molar-refractivity contribution in [3.63, 3.8) is 0 Å². The average Bonchev–Trinajstić information content (AvgIpc) is 2.27. The molecule has 4 nitrogen and oxygen atoms in total. The van der Waals surface area contributed by atoms with Crippen molar-refractivity contribution in [1.29, 1.82) is 0 Å². The van der Waals surface area contributed by atoms with Crippen molar-refractivity contribution in [2.75, 3.05) is 7.05 Å². The van der Waals surface area contributed by atoms with Crippen LogP contribution in [0, 0.1) is 0 Å². The Morgan fingerprint density at radius 2 is 2.00 bits per heavy atom. The predicted octanol–water partition coefficient (Wildman–Crippen LogP) is 1.70. The normalized spacial score (nSPS) is 10.3. The molecule has 1 heterocycles. The maximum absolute atomic E-state index is 11.4. The van der Waals surface area contributed by atoms with Crippen molar-refractivity contribution in [1.82, 2.24) is 10.0 Å². The van der Waals surface area contributed by atoms with E-state index < -0.39 is 5.91 Å². The van der Waals surface area contributed by atoms with Gasteiger partial charge in [0.05, 0.1) is 0 Å². The Bertz CT molecular complexity index is 509. The van der Waals surface area contributed by atoms with E-state index in [4.69, 9.17) is 5.21 Å². The van der Waals surface area contributed by atoms with Crippen LogP contribution in [0.1, 0.15) is 10.5 Å². The van der Waals surface area contributed by atoms with Crippen molar-refractivity contribution in [2.45, 2.75) is 0 Å². The number of rotatable bonds is 1. The van der Waals surface area contributed by atoms with E-state index in [0.717, 1.165) is 10.8 Å². The van der Waals surface area contributed by atoms with Crippen LogP contribution in [0.15, 0.2) is 36.5 Å². The quantitative estimate of drug-likeness (QED) is 0.565. The van der Waals surface area contributed by atoms with Crippen molar-refractivity contribution >= 4 is 16.7 Å². The van der Waals surface area contributed by atoms with Crippen molar-refractivity contribution in [3.05, 3.63) is 42.2 Å². The number of nitrogens with zero attached hydrogens (tertiary/aromatic N) is 2. The molecule has 1 amide bonds. The lowest BCUT2D eigenvalue weighted by Crippen LogP contribution is -2.23. The Balaban J connectivity index is 2.52. The molecule has 0 atom stereocenters. The highest BCUT2D eigenvalue weighted by molar-refractivity contribution is 5.95. The third-order valence-electron chi connectivity index (χ3n) is 2.14. The molecule has 0 saturated heterocycles. The van der Waals surface area contributed by atoms with E-state index in [1.165, 1.54) is 7.05 Å². The van der Waals surface area contributed by atoms with Gasteiger partial charge in [-0.15, -0.1) is 0 Å². The number of amides is 1. The summed E-state index contributed by atoms with van der Waals surface area (Å²) in [5.74, 6) is -0.513. The molecule has 0 bridgehead atoms. The lowest BCUT2D eigenvalue weighted by molar-refractivity contribution is -0.0379. The van der Waals surface area contributed by atoms with Crippen LogP contribution in [0.2, 0.25) is 0 Å². The molecule has 2 rings (SSSR count). The van der Waals surface area contributed by atoms with Crippen LogP contribution < -0.4 is 0 Å². The lowest BCUT2D eigenvalue weighted by Gasteiger charge is -2.07. The zero-order valence-corrected chi connectivity index (χ0v) is 8.21. The fourth-order valence-electron chi connectivity index (χ4n) is 1.37. The third-order valence-corrected chi connectivity index (χ3v) is 2.14. The zero-order valence-electron chi connectivity index (χ0n) is 8.21. The van der Waals surface area contributed by atoms with E-state index in [9.17, 15) is 4.79 Å². The minimum absolute atomic E-state index is 0.235. The Morgan fingerprint density at radius 3 is 2.67 bits per heavy atom. The Labute approximate surface area is 86.7 Å². The molecule has 1 aromatic carbocycles. The summed E-state index contributed by atoms with van der Waals surface area (Å²) in [5.41, 5.74) is 0.235. The predicted molar refractivity (Wildman–Crippen MR) is 55.6 cm³/mol. The van der Waals surface area contributed by atoms with Crippen molar-refractivity contribution in [3.8, 4) is 0 Å². The second kappa shape index (κ2) is 3.67. The number of hydrogen-bond acceptors (Lipinski definition) is 3. The van der Waals surface area contributed by atoms with E-state index in [2.05, 4.69) is 4.98 Å². The van der Waals surface area contributed by atoms with Gasteiger partial charge in [0.1, 0.15) is 5.69 Å². The summed E-state index contributed by atoms with van der Waals surface area (Å²) in [5, 5.41) is 11.4. The van der Waals surface area contributed by atoms with Crippen LogP contribution >= 0.6 is 0 Å². The average molecular weight is 202 g/mol. The number of hydrogen-bond donors (Lipinski definition) is 1. The molecule has 0 aliphatic rings. The summed E-state index contributed by atoms with van der Waals surface area (Å²) in [6.45, 7) is 0. The van der Waals surface area contributed by atoms with Gasteiger partial charge in [-0.2, -0.15) is 0 Å². The molecule has 15 heavy (non-hydrogen) atoms. The summed E-state index contributed by atoms with van der Waals surface area (Å²) in [6, 6.07) is 9.26. The molecule has 2 aromatic rings. The first-order valence-corrected chi connectivity index (χ1v) is 4.50. The maximum Gasteiger partial charge on any atom is 0.295 e. The summed E-state index contributed by atoms with van der Waals surface area (Å²) < 4.78 is 0. The van der Waals surface area contributed by atoms with Crippen LogP contribution in [0.25, 0.3) is 10.8 Å². The van der Waals surface area contributed by atoms with Crippen LogP contribution in [-0.2, 0) is 0 Å². The van der Waals surface area contributed by atoms with Gasteiger partial charge in [0.15, 0.2) is 0 Å². The molecule has 76 valence electrons. The van der Waals surface area contributed by atoms with Crippen molar-refractivity contribution < 1.29 is 10.0 Å². The van der Waals surface area contributed by atoms with Gasteiger partial charge in [-0.25, -0.2) is 5.06 Å². The van der Waals surface area contributed by atoms with E-state index in [1.807, 2.05) is 24.3 Å². The molecule has 1 N–H and O–H groups in total. The molecule has 0 aliphatic heterocycles. The lowest BCUT2D eigenvalue weighted by atomic mass is 10.1. The molecule has 0 unspecified atom stereocenters. The smallest absolute Gasteiger partial charge is 0.286 e. The fourth-order valence-corrected chi connectivity index (χ4v) is 1.37. The second-order valence-corrected chi connectivity index (χ2v) is 3.25. The highest BCUT2D eigenvalue weighted by Gasteiger charge is 2.10. The second-order valence-electron chi connectivity index (χ2n) is 3.25. The van der Waals surface area contributed by atoms with E-state index in [-0.39, 0.29) is 5.69 Å². The van der Waals surface area contributed by atoms with Gasteiger partial charge in [-0.05, 0) is 11.5 Å². The number of benzene rings is 1. The first-order valence-electron chi connectivity index (χ1n) is 4.50. The zero-order chi connectivity index (χ0) is 10.8. The summed E-state index contributed by atoms with van der Waals surface area (Å²) in [4.78, 5) is 15.4. The monoisotopic (exact) mass is 202 g/mol. The standard InChI is InChI=1S/C11H10N2O2/c1-13(15)11(14)10-6-8-4-2-3-5-9(8)7-12-10/h2-7,15H,1H3. The highest BCUT2D eigenvalue weighted by atomic mass is 16.5. The first-order chi connectivity index (χ1) is 7.18. The summed E-state index contributed by atoms with van der Waals surface area (Å²) in [7, 11) is 1.28. The third kappa shape index (κ3) is 1.80. The molecule has 0 spiro atoms. The number of aromatic nitrogens is 1. The summed E-state index contributed by atoms with van der Waals surface area (Å²) in [6.07, 6.45) is 1.62.